The maximum Gasteiger partial charge on any atom is 0.417 e. The number of halogens is 3. The molecule has 1 aliphatic carbocycles. The number of carbonyl (C=O) groups excluding carboxylic acids is 1. The number of piperazine rings is 1. The average molecular weight is 471 g/mol. The summed E-state index contributed by atoms with van der Waals surface area (Å²) in [4.78, 5) is 38.1. The summed E-state index contributed by atoms with van der Waals surface area (Å²) in [6, 6.07) is 9.81. The van der Waals surface area contributed by atoms with Crippen LogP contribution in [0.4, 0.5) is 19.0 Å². The predicted molar refractivity (Wildman–Crippen MR) is 121 cm³/mol. The highest BCUT2D eigenvalue weighted by Crippen LogP contribution is 2.35. The van der Waals surface area contributed by atoms with Crippen LogP contribution in [-0.4, -0.2) is 51.5 Å². The Labute approximate surface area is 193 Å². The van der Waals surface area contributed by atoms with Gasteiger partial charge in [-0.3, -0.25) is 14.2 Å². The van der Waals surface area contributed by atoms with Gasteiger partial charge in [0.2, 0.25) is 5.91 Å². The van der Waals surface area contributed by atoms with Gasteiger partial charge in [0.1, 0.15) is 11.6 Å². The number of fused-ring (bicyclic) bond motifs is 1. The van der Waals surface area contributed by atoms with E-state index in [0.29, 0.717) is 55.1 Å². The topological polar surface area (TPSA) is 71.3 Å². The van der Waals surface area contributed by atoms with Crippen LogP contribution in [-0.2, 0) is 17.4 Å². The molecule has 7 nitrogen and oxygen atoms in total. The number of aromatic nitrogens is 3. The number of amides is 1. The standard InChI is InChI=1S/C24H24F3N5O2/c25-24(26,27)16-5-8-20(28-15-16)30-11-13-31(14-12-30)22(33)10-9-21-29-19-4-2-1-3-18(19)23(34)32(21)17-6-7-17/h1-5,8,15,17H,6-7,9-14H2. The van der Waals surface area contributed by atoms with Crippen LogP contribution in [0.15, 0.2) is 47.4 Å². The molecule has 0 atom stereocenters. The first-order chi connectivity index (χ1) is 16.3. The number of rotatable bonds is 5. The van der Waals surface area contributed by atoms with Crippen molar-refractivity contribution in [2.45, 2.75) is 37.9 Å². The van der Waals surface area contributed by atoms with Crippen molar-refractivity contribution >= 4 is 22.6 Å². The molecule has 2 aliphatic rings. The molecule has 1 aliphatic heterocycles. The SMILES string of the molecule is O=C(CCc1nc2ccccc2c(=O)n1C1CC1)N1CCN(c2ccc(C(F)(F)F)cn2)CC1. The van der Waals surface area contributed by atoms with Crippen molar-refractivity contribution in [3.05, 3.63) is 64.3 Å². The number of carbonyl (C=O) groups is 1. The normalized spacial score (nSPS) is 16.8. The summed E-state index contributed by atoms with van der Waals surface area (Å²) in [6.45, 7) is 1.90. The van der Waals surface area contributed by atoms with Crippen molar-refractivity contribution in [1.82, 2.24) is 19.4 Å². The van der Waals surface area contributed by atoms with Gasteiger partial charge < -0.3 is 9.80 Å². The van der Waals surface area contributed by atoms with E-state index in [9.17, 15) is 22.8 Å². The van der Waals surface area contributed by atoms with Crippen LogP contribution in [0.1, 0.15) is 36.7 Å². The Balaban J connectivity index is 1.22. The third-order valence-corrected chi connectivity index (χ3v) is 6.39. The Kier molecular flexibility index (Phi) is 5.75. The lowest BCUT2D eigenvalue weighted by Gasteiger charge is -2.35. The number of nitrogens with zero attached hydrogens (tertiary/aromatic N) is 5. The third-order valence-electron chi connectivity index (χ3n) is 6.39. The van der Waals surface area contributed by atoms with Gasteiger partial charge in [-0.1, -0.05) is 12.1 Å². The molecule has 1 saturated heterocycles. The quantitative estimate of drug-likeness (QED) is 0.570. The summed E-state index contributed by atoms with van der Waals surface area (Å²) < 4.78 is 40.0. The van der Waals surface area contributed by atoms with E-state index < -0.39 is 11.7 Å². The number of benzene rings is 1. The molecule has 0 unspecified atom stereocenters. The van der Waals surface area contributed by atoms with Gasteiger partial charge in [0.25, 0.3) is 5.56 Å². The Morgan fingerprint density at radius 3 is 2.41 bits per heavy atom. The fourth-order valence-corrected chi connectivity index (χ4v) is 4.38. The van der Waals surface area contributed by atoms with E-state index in [-0.39, 0.29) is 23.9 Å². The van der Waals surface area contributed by atoms with Gasteiger partial charge in [0.15, 0.2) is 0 Å². The van der Waals surface area contributed by atoms with Crippen molar-refractivity contribution in [3.63, 3.8) is 0 Å². The lowest BCUT2D eigenvalue weighted by Crippen LogP contribution is -2.49. The Bertz CT molecular complexity index is 1260. The van der Waals surface area contributed by atoms with Gasteiger partial charge in [0, 0.05) is 51.3 Å². The minimum atomic E-state index is -4.42. The molecule has 178 valence electrons. The van der Waals surface area contributed by atoms with Gasteiger partial charge in [-0.15, -0.1) is 0 Å². The lowest BCUT2D eigenvalue weighted by atomic mass is 10.2. The van der Waals surface area contributed by atoms with Gasteiger partial charge in [-0.05, 0) is 37.1 Å². The fraction of sp³-hybridized carbons (Fsp3) is 0.417. The Morgan fingerprint density at radius 1 is 1.03 bits per heavy atom. The summed E-state index contributed by atoms with van der Waals surface area (Å²) in [5.41, 5.74) is -0.185. The first-order valence-electron chi connectivity index (χ1n) is 11.4. The van der Waals surface area contributed by atoms with Crippen LogP contribution in [0.2, 0.25) is 0 Å². The monoisotopic (exact) mass is 471 g/mol. The minimum absolute atomic E-state index is 0.0233. The first kappa shape index (κ1) is 22.4. The number of alkyl halides is 3. The fourth-order valence-electron chi connectivity index (χ4n) is 4.38. The molecule has 3 heterocycles. The molecule has 34 heavy (non-hydrogen) atoms. The highest BCUT2D eigenvalue weighted by Gasteiger charge is 2.31. The van der Waals surface area contributed by atoms with Crippen LogP contribution in [0.5, 0.6) is 0 Å². The van der Waals surface area contributed by atoms with Crippen molar-refractivity contribution < 1.29 is 18.0 Å². The molecule has 2 aromatic heterocycles. The van der Waals surface area contributed by atoms with E-state index in [1.54, 1.807) is 15.5 Å². The molecule has 1 aromatic carbocycles. The molecule has 0 bridgehead atoms. The smallest absolute Gasteiger partial charge is 0.353 e. The molecule has 0 radical (unpaired) electrons. The zero-order valence-electron chi connectivity index (χ0n) is 18.5. The second-order valence-electron chi connectivity index (χ2n) is 8.72. The van der Waals surface area contributed by atoms with Gasteiger partial charge in [0.05, 0.1) is 16.5 Å². The molecule has 1 saturated carbocycles. The summed E-state index contributed by atoms with van der Waals surface area (Å²) in [5, 5.41) is 0.595. The second kappa shape index (κ2) is 8.73. The molecule has 10 heteroatoms. The van der Waals surface area contributed by atoms with Gasteiger partial charge >= 0.3 is 6.18 Å². The molecule has 0 N–H and O–H groups in total. The van der Waals surface area contributed by atoms with Gasteiger partial charge in [-0.25, -0.2) is 9.97 Å². The predicted octanol–water partition coefficient (Wildman–Crippen LogP) is 3.43. The molecule has 2 fully saturated rings. The highest BCUT2D eigenvalue weighted by molar-refractivity contribution is 5.78. The maximum atomic E-state index is 13.0. The largest absolute Gasteiger partial charge is 0.417 e. The van der Waals surface area contributed by atoms with Crippen molar-refractivity contribution in [2.24, 2.45) is 0 Å². The van der Waals surface area contributed by atoms with Crippen LogP contribution in [0.3, 0.4) is 0 Å². The van der Waals surface area contributed by atoms with E-state index in [4.69, 9.17) is 0 Å². The summed E-state index contributed by atoms with van der Waals surface area (Å²) in [5.74, 6) is 1.09. The second-order valence-corrected chi connectivity index (χ2v) is 8.72. The minimum Gasteiger partial charge on any atom is -0.353 e. The van der Waals surface area contributed by atoms with Crippen LogP contribution >= 0.6 is 0 Å². The Morgan fingerprint density at radius 2 is 1.76 bits per heavy atom. The zero-order chi connectivity index (χ0) is 23.9. The molecule has 5 rings (SSSR count). The van der Waals surface area contributed by atoms with E-state index in [0.717, 1.165) is 25.1 Å². The van der Waals surface area contributed by atoms with Crippen LogP contribution in [0.25, 0.3) is 10.9 Å². The Hall–Kier alpha value is -3.43. The maximum absolute atomic E-state index is 13.0. The number of para-hydroxylation sites is 1. The number of pyridine rings is 1. The van der Waals surface area contributed by atoms with Crippen molar-refractivity contribution in [1.29, 1.82) is 0 Å². The summed E-state index contributed by atoms with van der Waals surface area (Å²) in [7, 11) is 0. The van der Waals surface area contributed by atoms with E-state index in [2.05, 4.69) is 9.97 Å². The van der Waals surface area contributed by atoms with Gasteiger partial charge in [-0.2, -0.15) is 13.2 Å². The molecule has 1 amide bonds. The van der Waals surface area contributed by atoms with E-state index in [1.165, 1.54) is 6.07 Å². The van der Waals surface area contributed by atoms with Crippen molar-refractivity contribution in [3.8, 4) is 0 Å². The molecular weight excluding hydrogens is 447 g/mol. The number of hydrogen-bond donors (Lipinski definition) is 0. The molecule has 3 aromatic rings. The zero-order valence-corrected chi connectivity index (χ0v) is 18.5. The third kappa shape index (κ3) is 4.49. The van der Waals surface area contributed by atoms with Crippen LogP contribution in [0, 0.1) is 0 Å². The van der Waals surface area contributed by atoms with Crippen LogP contribution < -0.4 is 10.5 Å². The highest BCUT2D eigenvalue weighted by atomic mass is 19.4. The van der Waals surface area contributed by atoms with Crippen molar-refractivity contribution in [2.75, 3.05) is 31.1 Å². The molecular formula is C24H24F3N5O2. The molecule has 0 spiro atoms. The number of anilines is 1. The first-order valence-corrected chi connectivity index (χ1v) is 11.4. The number of hydrogen-bond acceptors (Lipinski definition) is 5. The van der Waals surface area contributed by atoms with E-state index in [1.807, 2.05) is 23.1 Å². The lowest BCUT2D eigenvalue weighted by molar-refractivity contribution is -0.137. The average Bonchev–Trinajstić information content (AvgIpc) is 3.67. The summed E-state index contributed by atoms with van der Waals surface area (Å²) in [6.07, 6.45) is -1.06. The van der Waals surface area contributed by atoms with E-state index >= 15 is 0 Å². The number of aryl methyl sites for hydroxylation is 1. The summed E-state index contributed by atoms with van der Waals surface area (Å²) >= 11 is 0.